The third kappa shape index (κ3) is 3.47. The quantitative estimate of drug-likeness (QED) is 0.840. The number of rotatable bonds is 5. The van der Waals surface area contributed by atoms with Crippen molar-refractivity contribution in [2.75, 3.05) is 14.2 Å². The van der Waals surface area contributed by atoms with E-state index in [1.54, 1.807) is 32.2 Å². The summed E-state index contributed by atoms with van der Waals surface area (Å²) in [6.07, 6.45) is 2.10. The van der Waals surface area contributed by atoms with Gasteiger partial charge in [0.25, 0.3) is 5.91 Å². The van der Waals surface area contributed by atoms with E-state index in [0.717, 1.165) is 11.3 Å². The number of carbonyl (C=O) groups is 1. The number of hydrogen-bond acceptors (Lipinski definition) is 5. The zero-order chi connectivity index (χ0) is 17.9. The third-order valence-corrected chi connectivity index (χ3v) is 4.20. The minimum Gasteiger partial charge on any atom is -0.496 e. The van der Waals surface area contributed by atoms with E-state index in [4.69, 9.17) is 9.57 Å². The van der Waals surface area contributed by atoms with Crippen molar-refractivity contribution < 1.29 is 14.4 Å². The smallest absolute Gasteiger partial charge is 0.269 e. The standard InChI is InChI=1S/C19H21N3O3/c1-19(18(23)22(2)13-14-8-6-7-11-20-14)12-16(21-25-19)15-9-4-5-10-17(15)24-3/h4-11H,12-13H2,1-3H3/t19-/m1/s1. The van der Waals surface area contributed by atoms with E-state index in [2.05, 4.69) is 10.1 Å². The predicted molar refractivity (Wildman–Crippen MR) is 94.3 cm³/mol. The van der Waals surface area contributed by atoms with Crippen LogP contribution in [0.3, 0.4) is 0 Å². The van der Waals surface area contributed by atoms with Crippen molar-refractivity contribution >= 4 is 11.6 Å². The molecule has 2 heterocycles. The number of methoxy groups -OCH3 is 1. The molecule has 1 aromatic heterocycles. The number of benzene rings is 1. The number of oxime groups is 1. The Morgan fingerprint density at radius 1 is 1.28 bits per heavy atom. The van der Waals surface area contributed by atoms with Crippen molar-refractivity contribution in [3.8, 4) is 5.75 Å². The molecular formula is C19H21N3O3. The van der Waals surface area contributed by atoms with Gasteiger partial charge >= 0.3 is 0 Å². The third-order valence-electron chi connectivity index (χ3n) is 4.20. The second kappa shape index (κ2) is 6.93. The summed E-state index contributed by atoms with van der Waals surface area (Å²) in [7, 11) is 3.35. The lowest BCUT2D eigenvalue weighted by atomic mass is 9.94. The summed E-state index contributed by atoms with van der Waals surface area (Å²) in [6.45, 7) is 2.18. The second-order valence-electron chi connectivity index (χ2n) is 6.22. The molecule has 0 radical (unpaired) electrons. The molecule has 0 bridgehead atoms. The summed E-state index contributed by atoms with van der Waals surface area (Å²) in [5.41, 5.74) is 1.35. The Morgan fingerprint density at radius 2 is 2.04 bits per heavy atom. The number of aromatic nitrogens is 1. The molecule has 2 aromatic rings. The Labute approximate surface area is 147 Å². The average molecular weight is 339 g/mol. The van der Waals surface area contributed by atoms with Gasteiger partial charge in [0, 0.05) is 25.2 Å². The number of hydrogen-bond donors (Lipinski definition) is 0. The van der Waals surface area contributed by atoms with Crippen molar-refractivity contribution in [3.63, 3.8) is 0 Å². The normalized spacial score (nSPS) is 19.1. The van der Waals surface area contributed by atoms with E-state index in [0.29, 0.717) is 24.4 Å². The largest absolute Gasteiger partial charge is 0.496 e. The van der Waals surface area contributed by atoms with Crippen LogP contribution in [0.15, 0.2) is 53.8 Å². The lowest BCUT2D eigenvalue weighted by Crippen LogP contribution is -2.45. The van der Waals surface area contributed by atoms with Crippen LogP contribution in [0.25, 0.3) is 0 Å². The maximum atomic E-state index is 12.9. The maximum absolute atomic E-state index is 12.9. The Bertz CT molecular complexity index is 792. The van der Waals surface area contributed by atoms with Gasteiger partial charge in [0.1, 0.15) is 5.75 Å². The van der Waals surface area contributed by atoms with Crippen molar-refractivity contribution in [3.05, 3.63) is 59.9 Å². The molecule has 0 N–H and O–H groups in total. The molecule has 0 aliphatic carbocycles. The molecule has 1 atom stereocenters. The Morgan fingerprint density at radius 3 is 2.76 bits per heavy atom. The van der Waals surface area contributed by atoms with Gasteiger partial charge in [0.05, 0.1) is 25.1 Å². The molecule has 25 heavy (non-hydrogen) atoms. The molecule has 0 unspecified atom stereocenters. The van der Waals surface area contributed by atoms with Crippen LogP contribution in [-0.4, -0.2) is 41.3 Å². The van der Waals surface area contributed by atoms with Crippen LogP contribution in [0.2, 0.25) is 0 Å². The zero-order valence-electron chi connectivity index (χ0n) is 14.6. The van der Waals surface area contributed by atoms with Gasteiger partial charge in [-0.3, -0.25) is 9.78 Å². The highest BCUT2D eigenvalue weighted by atomic mass is 16.7. The van der Waals surface area contributed by atoms with Gasteiger partial charge in [-0.05, 0) is 31.2 Å². The van der Waals surface area contributed by atoms with Crippen LogP contribution in [0.5, 0.6) is 5.75 Å². The van der Waals surface area contributed by atoms with Crippen LogP contribution in [0, 0.1) is 0 Å². The monoisotopic (exact) mass is 339 g/mol. The fourth-order valence-corrected chi connectivity index (χ4v) is 2.89. The summed E-state index contributed by atoms with van der Waals surface area (Å²) in [6, 6.07) is 13.2. The summed E-state index contributed by atoms with van der Waals surface area (Å²) in [5.74, 6) is 0.579. The Kier molecular flexibility index (Phi) is 4.70. The van der Waals surface area contributed by atoms with Gasteiger partial charge in [-0.1, -0.05) is 23.4 Å². The van der Waals surface area contributed by atoms with Crippen LogP contribution in [0.1, 0.15) is 24.6 Å². The van der Waals surface area contributed by atoms with E-state index in [9.17, 15) is 4.79 Å². The van der Waals surface area contributed by atoms with E-state index in [1.807, 2.05) is 42.5 Å². The number of ether oxygens (including phenoxy) is 1. The van der Waals surface area contributed by atoms with Crippen molar-refractivity contribution in [1.82, 2.24) is 9.88 Å². The summed E-state index contributed by atoms with van der Waals surface area (Å²) >= 11 is 0. The highest BCUT2D eigenvalue weighted by Gasteiger charge is 2.44. The van der Waals surface area contributed by atoms with E-state index < -0.39 is 5.60 Å². The van der Waals surface area contributed by atoms with Crippen LogP contribution in [-0.2, 0) is 16.2 Å². The topological polar surface area (TPSA) is 64.0 Å². The van der Waals surface area contributed by atoms with Crippen molar-refractivity contribution in [2.45, 2.75) is 25.5 Å². The van der Waals surface area contributed by atoms with Crippen molar-refractivity contribution in [2.24, 2.45) is 5.16 Å². The first kappa shape index (κ1) is 17.0. The van der Waals surface area contributed by atoms with E-state index >= 15 is 0 Å². The first-order valence-corrected chi connectivity index (χ1v) is 8.07. The fraction of sp³-hybridized carbons (Fsp3) is 0.316. The van der Waals surface area contributed by atoms with E-state index in [1.165, 1.54) is 0 Å². The number of likely N-dealkylation sites (N-methyl/N-ethyl adjacent to an activating group) is 1. The average Bonchev–Trinajstić information content (AvgIpc) is 3.05. The van der Waals surface area contributed by atoms with Gasteiger partial charge in [-0.2, -0.15) is 0 Å². The molecule has 0 saturated heterocycles. The second-order valence-corrected chi connectivity index (χ2v) is 6.22. The first-order valence-electron chi connectivity index (χ1n) is 8.07. The Balaban J connectivity index is 1.72. The highest BCUT2D eigenvalue weighted by Crippen LogP contribution is 2.31. The molecule has 1 aliphatic rings. The highest BCUT2D eigenvalue weighted by molar-refractivity contribution is 6.07. The maximum Gasteiger partial charge on any atom is 0.269 e. The molecule has 1 aliphatic heterocycles. The van der Waals surface area contributed by atoms with Gasteiger partial charge < -0.3 is 14.5 Å². The number of pyridine rings is 1. The molecule has 1 amide bonds. The molecule has 0 fully saturated rings. The molecule has 1 aromatic carbocycles. The van der Waals surface area contributed by atoms with Crippen LogP contribution in [0.4, 0.5) is 0 Å². The lowest BCUT2D eigenvalue weighted by molar-refractivity contribution is -0.152. The predicted octanol–water partition coefficient (Wildman–Crippen LogP) is 2.63. The summed E-state index contributed by atoms with van der Waals surface area (Å²) in [4.78, 5) is 24.3. The molecule has 0 saturated carbocycles. The number of para-hydroxylation sites is 1. The molecule has 6 heteroatoms. The Hall–Kier alpha value is -2.89. The lowest BCUT2D eigenvalue weighted by Gasteiger charge is -2.26. The SMILES string of the molecule is COc1ccccc1C1=NO[C@@](C)(C(=O)N(C)Cc2ccccn2)C1. The molecule has 3 rings (SSSR count). The number of amides is 1. The van der Waals surface area contributed by atoms with E-state index in [-0.39, 0.29) is 5.91 Å². The summed E-state index contributed by atoms with van der Waals surface area (Å²) in [5, 5.41) is 4.15. The molecular weight excluding hydrogens is 318 g/mol. The molecule has 6 nitrogen and oxygen atoms in total. The van der Waals surface area contributed by atoms with Crippen molar-refractivity contribution in [1.29, 1.82) is 0 Å². The summed E-state index contributed by atoms with van der Waals surface area (Å²) < 4.78 is 5.37. The zero-order valence-corrected chi connectivity index (χ0v) is 14.6. The first-order chi connectivity index (χ1) is 12.0. The van der Waals surface area contributed by atoms with Crippen LogP contribution >= 0.6 is 0 Å². The molecule has 130 valence electrons. The molecule has 0 spiro atoms. The van der Waals surface area contributed by atoms with Crippen LogP contribution < -0.4 is 4.74 Å². The van der Waals surface area contributed by atoms with Gasteiger partial charge in [0.15, 0.2) is 0 Å². The number of carbonyl (C=O) groups excluding carboxylic acids is 1. The van der Waals surface area contributed by atoms with Gasteiger partial charge in [-0.15, -0.1) is 0 Å². The van der Waals surface area contributed by atoms with Gasteiger partial charge in [0.2, 0.25) is 5.60 Å². The fourth-order valence-electron chi connectivity index (χ4n) is 2.89. The minimum absolute atomic E-state index is 0.133. The van der Waals surface area contributed by atoms with Gasteiger partial charge in [-0.25, -0.2) is 0 Å². The number of nitrogens with zero attached hydrogens (tertiary/aromatic N) is 3. The minimum atomic E-state index is -1.03.